The molecule has 1 amide bonds. The molecule has 3 aromatic rings. The molecule has 0 unspecified atom stereocenters. The summed E-state index contributed by atoms with van der Waals surface area (Å²) in [6.45, 7) is 0.762. The maximum atomic E-state index is 13.1. The quantitative estimate of drug-likeness (QED) is 0.726. The molecule has 132 valence electrons. The third-order valence-corrected chi connectivity index (χ3v) is 4.94. The molecule has 5 heteroatoms. The summed E-state index contributed by atoms with van der Waals surface area (Å²) in [5, 5.41) is 1.05. The van der Waals surface area contributed by atoms with Crippen LogP contribution in [-0.4, -0.2) is 41.4 Å². The average Bonchev–Trinajstić information content (AvgIpc) is 3.17. The van der Waals surface area contributed by atoms with Gasteiger partial charge < -0.3 is 9.80 Å². The zero-order valence-electron chi connectivity index (χ0n) is 15.1. The van der Waals surface area contributed by atoms with Gasteiger partial charge in [-0.15, -0.1) is 0 Å². The number of rotatable bonds is 3. The van der Waals surface area contributed by atoms with Gasteiger partial charge in [-0.3, -0.25) is 4.79 Å². The number of benzene rings is 1. The lowest BCUT2D eigenvalue weighted by atomic mass is 10.1. The van der Waals surface area contributed by atoms with Gasteiger partial charge in [0.05, 0.1) is 11.6 Å². The molecule has 2 aromatic heterocycles. The van der Waals surface area contributed by atoms with Gasteiger partial charge in [0.1, 0.15) is 11.5 Å². The van der Waals surface area contributed by atoms with Crippen LogP contribution in [0.3, 0.4) is 0 Å². The maximum Gasteiger partial charge on any atom is 0.272 e. The Morgan fingerprint density at radius 1 is 1.15 bits per heavy atom. The predicted octanol–water partition coefficient (Wildman–Crippen LogP) is 3.67. The van der Waals surface area contributed by atoms with E-state index in [1.807, 2.05) is 72.6 Å². The highest BCUT2D eigenvalue weighted by atomic mass is 16.2. The molecule has 0 N–H and O–H groups in total. The number of anilines is 1. The summed E-state index contributed by atoms with van der Waals surface area (Å²) < 4.78 is 0. The van der Waals surface area contributed by atoms with Gasteiger partial charge in [-0.2, -0.15) is 0 Å². The normalized spacial score (nSPS) is 16.8. The summed E-state index contributed by atoms with van der Waals surface area (Å²) in [4.78, 5) is 26.0. The van der Waals surface area contributed by atoms with Crippen molar-refractivity contribution < 1.29 is 4.79 Å². The molecule has 5 nitrogen and oxygen atoms in total. The number of likely N-dealkylation sites (tertiary alicyclic amines) is 1. The second kappa shape index (κ2) is 6.75. The number of para-hydroxylation sites is 1. The Balaban J connectivity index is 1.65. The van der Waals surface area contributed by atoms with Crippen LogP contribution in [0.1, 0.15) is 34.9 Å². The van der Waals surface area contributed by atoms with Gasteiger partial charge in [0.2, 0.25) is 0 Å². The molecule has 1 aromatic carbocycles. The van der Waals surface area contributed by atoms with Crippen molar-refractivity contribution in [2.45, 2.75) is 18.9 Å². The van der Waals surface area contributed by atoms with Crippen LogP contribution in [0, 0.1) is 0 Å². The molecule has 26 heavy (non-hydrogen) atoms. The fourth-order valence-electron chi connectivity index (χ4n) is 3.57. The van der Waals surface area contributed by atoms with Gasteiger partial charge in [0.15, 0.2) is 0 Å². The molecule has 0 spiro atoms. The van der Waals surface area contributed by atoms with Crippen molar-refractivity contribution >= 4 is 22.6 Å². The van der Waals surface area contributed by atoms with E-state index in [1.165, 1.54) is 0 Å². The number of amides is 1. The fraction of sp³-hybridized carbons (Fsp3) is 0.286. The number of fused-ring (bicyclic) bond motifs is 1. The summed E-state index contributed by atoms with van der Waals surface area (Å²) in [5.41, 5.74) is 2.50. The van der Waals surface area contributed by atoms with Gasteiger partial charge in [-0.1, -0.05) is 24.3 Å². The van der Waals surface area contributed by atoms with Crippen LogP contribution in [0.4, 0.5) is 5.82 Å². The van der Waals surface area contributed by atoms with Gasteiger partial charge >= 0.3 is 0 Å². The molecule has 0 bridgehead atoms. The molecule has 1 aliphatic rings. The number of aromatic nitrogens is 2. The Bertz CT molecular complexity index is 953. The van der Waals surface area contributed by atoms with E-state index in [2.05, 4.69) is 16.0 Å². The number of pyridine rings is 2. The topological polar surface area (TPSA) is 49.3 Å². The van der Waals surface area contributed by atoms with Crippen molar-refractivity contribution in [3.8, 4) is 0 Å². The number of carbonyl (C=O) groups excluding carboxylic acids is 1. The van der Waals surface area contributed by atoms with Crippen molar-refractivity contribution in [2.24, 2.45) is 0 Å². The highest BCUT2D eigenvalue weighted by molar-refractivity contribution is 5.95. The molecule has 4 rings (SSSR count). The van der Waals surface area contributed by atoms with Gasteiger partial charge in [0.25, 0.3) is 5.91 Å². The maximum absolute atomic E-state index is 13.1. The molecular weight excluding hydrogens is 324 g/mol. The summed E-state index contributed by atoms with van der Waals surface area (Å²) in [6, 6.07) is 15.8. The molecular formula is C21H22N4O. The minimum absolute atomic E-state index is 0.00136. The zero-order valence-corrected chi connectivity index (χ0v) is 15.1. The first-order valence-corrected chi connectivity index (χ1v) is 8.93. The monoisotopic (exact) mass is 346 g/mol. The van der Waals surface area contributed by atoms with Crippen LogP contribution in [0.2, 0.25) is 0 Å². The minimum Gasteiger partial charge on any atom is -0.363 e. The Morgan fingerprint density at radius 2 is 2.00 bits per heavy atom. The van der Waals surface area contributed by atoms with Crippen molar-refractivity contribution in [2.75, 3.05) is 25.5 Å². The highest BCUT2D eigenvalue weighted by Crippen LogP contribution is 2.34. The third-order valence-electron chi connectivity index (χ3n) is 4.94. The number of hydrogen-bond acceptors (Lipinski definition) is 4. The Morgan fingerprint density at radius 3 is 2.85 bits per heavy atom. The van der Waals surface area contributed by atoms with Crippen LogP contribution in [0.25, 0.3) is 10.9 Å². The zero-order chi connectivity index (χ0) is 18.1. The van der Waals surface area contributed by atoms with E-state index >= 15 is 0 Å². The van der Waals surface area contributed by atoms with Gasteiger partial charge in [-0.05, 0) is 42.7 Å². The molecule has 1 atom stereocenters. The van der Waals surface area contributed by atoms with Crippen LogP contribution in [-0.2, 0) is 0 Å². The number of hydrogen-bond donors (Lipinski definition) is 0. The molecule has 0 radical (unpaired) electrons. The van der Waals surface area contributed by atoms with Crippen molar-refractivity contribution in [1.82, 2.24) is 14.9 Å². The van der Waals surface area contributed by atoms with Crippen LogP contribution in [0.5, 0.6) is 0 Å². The lowest BCUT2D eigenvalue weighted by Crippen LogP contribution is -2.31. The SMILES string of the molecule is CN(C)c1cc([C@@H]2CCCN2C(=O)c2ccc3ccccc3n2)ccn1. The first-order valence-electron chi connectivity index (χ1n) is 8.93. The van der Waals surface area contributed by atoms with Gasteiger partial charge in [-0.25, -0.2) is 9.97 Å². The lowest BCUT2D eigenvalue weighted by molar-refractivity contribution is 0.0730. The Kier molecular flexibility index (Phi) is 4.29. The summed E-state index contributed by atoms with van der Waals surface area (Å²) in [5.74, 6) is 0.909. The first-order chi connectivity index (χ1) is 12.6. The lowest BCUT2D eigenvalue weighted by Gasteiger charge is -2.25. The first kappa shape index (κ1) is 16.5. The fourth-order valence-corrected chi connectivity index (χ4v) is 3.57. The molecule has 1 aliphatic heterocycles. The van der Waals surface area contributed by atoms with E-state index in [1.54, 1.807) is 0 Å². The average molecular weight is 346 g/mol. The van der Waals surface area contributed by atoms with Crippen molar-refractivity contribution in [3.63, 3.8) is 0 Å². The smallest absolute Gasteiger partial charge is 0.272 e. The summed E-state index contributed by atoms with van der Waals surface area (Å²) >= 11 is 0. The van der Waals surface area contributed by atoms with Crippen molar-refractivity contribution in [3.05, 3.63) is 66.0 Å². The third kappa shape index (κ3) is 3.01. The largest absolute Gasteiger partial charge is 0.363 e. The standard InChI is InChI=1S/C21H22N4O/c1-24(2)20-14-16(11-12-22-20)19-8-5-13-25(19)21(26)18-10-9-15-6-3-4-7-17(15)23-18/h3-4,6-7,9-12,14,19H,5,8,13H2,1-2H3/t19-/m0/s1. The molecule has 3 heterocycles. The van der Waals surface area contributed by atoms with E-state index < -0.39 is 0 Å². The number of nitrogens with zero attached hydrogens (tertiary/aromatic N) is 4. The van der Waals surface area contributed by atoms with E-state index in [0.717, 1.165) is 41.7 Å². The molecule has 1 fully saturated rings. The Labute approximate surface area is 153 Å². The van der Waals surface area contributed by atoms with E-state index in [9.17, 15) is 4.79 Å². The van der Waals surface area contributed by atoms with E-state index in [0.29, 0.717) is 5.69 Å². The van der Waals surface area contributed by atoms with Gasteiger partial charge in [0, 0.05) is 32.2 Å². The van der Waals surface area contributed by atoms with E-state index in [4.69, 9.17) is 0 Å². The van der Waals surface area contributed by atoms with E-state index in [-0.39, 0.29) is 11.9 Å². The van der Waals surface area contributed by atoms with Crippen LogP contribution in [0.15, 0.2) is 54.7 Å². The molecule has 0 saturated carbocycles. The second-order valence-electron chi connectivity index (χ2n) is 6.89. The predicted molar refractivity (Wildman–Crippen MR) is 103 cm³/mol. The number of carbonyl (C=O) groups is 1. The van der Waals surface area contributed by atoms with Crippen molar-refractivity contribution in [1.29, 1.82) is 0 Å². The summed E-state index contributed by atoms with van der Waals surface area (Å²) in [6.07, 6.45) is 3.79. The highest BCUT2D eigenvalue weighted by Gasteiger charge is 2.31. The second-order valence-corrected chi connectivity index (χ2v) is 6.89. The molecule has 0 aliphatic carbocycles. The minimum atomic E-state index is 0.00136. The van der Waals surface area contributed by atoms with Crippen LogP contribution < -0.4 is 4.90 Å². The summed E-state index contributed by atoms with van der Waals surface area (Å²) in [7, 11) is 3.95. The molecule has 1 saturated heterocycles. The van der Waals surface area contributed by atoms with Crippen LogP contribution >= 0.6 is 0 Å². The Hall–Kier alpha value is -2.95.